The zero-order valence-corrected chi connectivity index (χ0v) is 12.8. The first-order chi connectivity index (χ1) is 9.02. The standard InChI is InChI=1S/C13H19BrN4O/c1-9-8-17(2)5-6-18(9)12-4-3-10(14)7-11(12)13(15)16-19/h3-4,7,9,19H,5-6,8H2,1-2H3,(H2,15,16). The number of halogens is 1. The van der Waals surface area contributed by atoms with Gasteiger partial charge in [0.05, 0.1) is 0 Å². The number of benzene rings is 1. The molecule has 0 aliphatic carbocycles. The highest BCUT2D eigenvalue weighted by Gasteiger charge is 2.24. The van der Waals surface area contributed by atoms with Crippen LogP contribution in [0.4, 0.5) is 5.69 Å². The van der Waals surface area contributed by atoms with Crippen LogP contribution in [-0.2, 0) is 0 Å². The summed E-state index contributed by atoms with van der Waals surface area (Å²) < 4.78 is 0.916. The van der Waals surface area contributed by atoms with Crippen molar-refractivity contribution in [2.45, 2.75) is 13.0 Å². The highest BCUT2D eigenvalue weighted by molar-refractivity contribution is 9.10. The highest BCUT2D eigenvalue weighted by atomic mass is 79.9. The Balaban J connectivity index is 2.39. The maximum absolute atomic E-state index is 8.93. The maximum atomic E-state index is 8.93. The van der Waals surface area contributed by atoms with Crippen molar-refractivity contribution >= 4 is 27.5 Å². The lowest BCUT2D eigenvalue weighted by atomic mass is 10.1. The van der Waals surface area contributed by atoms with E-state index in [1.807, 2.05) is 18.2 Å². The summed E-state index contributed by atoms with van der Waals surface area (Å²) >= 11 is 3.42. The first-order valence-corrected chi connectivity index (χ1v) is 7.05. The van der Waals surface area contributed by atoms with Crippen LogP contribution in [0.1, 0.15) is 12.5 Å². The summed E-state index contributed by atoms with van der Waals surface area (Å²) in [6.07, 6.45) is 0. The van der Waals surface area contributed by atoms with E-state index in [1.165, 1.54) is 0 Å². The second kappa shape index (κ2) is 5.79. The summed E-state index contributed by atoms with van der Waals surface area (Å²) in [5.74, 6) is 0.141. The Morgan fingerprint density at radius 1 is 1.47 bits per heavy atom. The second-order valence-corrected chi connectivity index (χ2v) is 5.87. The van der Waals surface area contributed by atoms with E-state index in [0.29, 0.717) is 6.04 Å². The van der Waals surface area contributed by atoms with Crippen LogP contribution in [0.2, 0.25) is 0 Å². The zero-order valence-electron chi connectivity index (χ0n) is 11.2. The minimum atomic E-state index is 0.141. The van der Waals surface area contributed by atoms with E-state index < -0.39 is 0 Å². The average molecular weight is 327 g/mol. The molecule has 1 fully saturated rings. The molecule has 19 heavy (non-hydrogen) atoms. The lowest BCUT2D eigenvalue weighted by molar-refractivity contribution is 0.275. The third kappa shape index (κ3) is 3.01. The first-order valence-electron chi connectivity index (χ1n) is 6.25. The van der Waals surface area contributed by atoms with Crippen molar-refractivity contribution in [1.82, 2.24) is 4.90 Å². The molecule has 2 rings (SSSR count). The quantitative estimate of drug-likeness (QED) is 0.375. The number of hydrogen-bond acceptors (Lipinski definition) is 4. The number of oxime groups is 1. The molecular weight excluding hydrogens is 308 g/mol. The van der Waals surface area contributed by atoms with Crippen LogP contribution in [0.25, 0.3) is 0 Å². The number of hydrogen-bond donors (Lipinski definition) is 2. The molecule has 1 aliphatic rings. The van der Waals surface area contributed by atoms with Crippen molar-refractivity contribution < 1.29 is 5.21 Å². The Morgan fingerprint density at radius 2 is 2.21 bits per heavy atom. The van der Waals surface area contributed by atoms with Gasteiger partial charge in [-0.2, -0.15) is 0 Å². The van der Waals surface area contributed by atoms with Crippen molar-refractivity contribution in [2.24, 2.45) is 10.9 Å². The van der Waals surface area contributed by atoms with E-state index in [2.05, 4.69) is 44.9 Å². The van der Waals surface area contributed by atoms with Crippen LogP contribution in [0.5, 0.6) is 0 Å². The molecule has 1 saturated heterocycles. The molecule has 0 amide bonds. The van der Waals surface area contributed by atoms with Crippen molar-refractivity contribution in [3.8, 4) is 0 Å². The number of rotatable bonds is 2. The van der Waals surface area contributed by atoms with Crippen LogP contribution in [0.3, 0.4) is 0 Å². The van der Waals surface area contributed by atoms with E-state index in [4.69, 9.17) is 10.9 Å². The summed E-state index contributed by atoms with van der Waals surface area (Å²) in [6.45, 7) is 5.14. The molecule has 6 heteroatoms. The summed E-state index contributed by atoms with van der Waals surface area (Å²) in [5, 5.41) is 12.1. The molecule has 0 spiro atoms. The third-order valence-electron chi connectivity index (χ3n) is 3.48. The highest BCUT2D eigenvalue weighted by Crippen LogP contribution is 2.27. The number of nitrogens with two attached hydrogens (primary N) is 1. The molecule has 0 aromatic heterocycles. The molecule has 104 valence electrons. The van der Waals surface area contributed by atoms with Gasteiger partial charge in [-0.05, 0) is 32.2 Å². The lowest BCUT2D eigenvalue weighted by Gasteiger charge is -2.40. The van der Waals surface area contributed by atoms with Crippen molar-refractivity contribution in [2.75, 3.05) is 31.6 Å². The Hall–Kier alpha value is -1.27. The van der Waals surface area contributed by atoms with Gasteiger partial charge in [0.15, 0.2) is 5.84 Å². The van der Waals surface area contributed by atoms with Gasteiger partial charge in [0.2, 0.25) is 0 Å². The minimum absolute atomic E-state index is 0.141. The van der Waals surface area contributed by atoms with Crippen molar-refractivity contribution in [1.29, 1.82) is 0 Å². The molecule has 0 bridgehead atoms. The number of amidine groups is 1. The molecule has 1 heterocycles. The van der Waals surface area contributed by atoms with Gasteiger partial charge in [0, 0.05) is 41.4 Å². The Kier molecular flexibility index (Phi) is 4.31. The fourth-order valence-corrected chi connectivity index (χ4v) is 2.88. The van der Waals surface area contributed by atoms with E-state index >= 15 is 0 Å². The number of likely N-dealkylation sites (N-methyl/N-ethyl adjacent to an activating group) is 1. The van der Waals surface area contributed by atoms with Crippen LogP contribution < -0.4 is 10.6 Å². The predicted octanol–water partition coefficient (Wildman–Crippen LogP) is 1.68. The molecular formula is C13H19BrN4O. The van der Waals surface area contributed by atoms with Crippen LogP contribution >= 0.6 is 15.9 Å². The zero-order chi connectivity index (χ0) is 14.0. The van der Waals surface area contributed by atoms with E-state index in [-0.39, 0.29) is 5.84 Å². The Bertz CT molecular complexity index is 492. The average Bonchev–Trinajstić information content (AvgIpc) is 2.38. The summed E-state index contributed by atoms with van der Waals surface area (Å²) in [4.78, 5) is 4.61. The Morgan fingerprint density at radius 3 is 2.84 bits per heavy atom. The summed E-state index contributed by atoms with van der Waals surface area (Å²) in [7, 11) is 2.12. The van der Waals surface area contributed by atoms with Gasteiger partial charge in [-0.25, -0.2) is 0 Å². The monoisotopic (exact) mass is 326 g/mol. The van der Waals surface area contributed by atoms with Crippen LogP contribution in [-0.4, -0.2) is 48.7 Å². The predicted molar refractivity (Wildman–Crippen MR) is 81.0 cm³/mol. The molecule has 1 aromatic rings. The maximum Gasteiger partial charge on any atom is 0.172 e. The van der Waals surface area contributed by atoms with Gasteiger partial charge < -0.3 is 20.7 Å². The molecule has 1 aromatic carbocycles. The van der Waals surface area contributed by atoms with Crippen LogP contribution in [0.15, 0.2) is 27.8 Å². The number of nitrogens with zero attached hydrogens (tertiary/aromatic N) is 3. The smallest absolute Gasteiger partial charge is 0.172 e. The van der Waals surface area contributed by atoms with Crippen LogP contribution in [0, 0.1) is 0 Å². The van der Waals surface area contributed by atoms with E-state index in [1.54, 1.807) is 0 Å². The summed E-state index contributed by atoms with van der Waals surface area (Å²) in [6, 6.07) is 6.27. The Labute approximate surface area is 121 Å². The van der Waals surface area contributed by atoms with Gasteiger partial charge in [0.25, 0.3) is 0 Å². The molecule has 0 saturated carbocycles. The molecule has 1 atom stereocenters. The van der Waals surface area contributed by atoms with Gasteiger partial charge in [-0.1, -0.05) is 21.1 Å². The number of piperazine rings is 1. The van der Waals surface area contributed by atoms with Crippen molar-refractivity contribution in [3.63, 3.8) is 0 Å². The third-order valence-corrected chi connectivity index (χ3v) is 3.98. The largest absolute Gasteiger partial charge is 0.409 e. The normalized spacial score (nSPS) is 21.7. The molecule has 3 N–H and O–H groups in total. The minimum Gasteiger partial charge on any atom is -0.409 e. The molecule has 1 unspecified atom stereocenters. The fourth-order valence-electron chi connectivity index (χ4n) is 2.52. The molecule has 0 radical (unpaired) electrons. The molecule has 5 nitrogen and oxygen atoms in total. The van der Waals surface area contributed by atoms with E-state index in [9.17, 15) is 0 Å². The van der Waals surface area contributed by atoms with Gasteiger partial charge >= 0.3 is 0 Å². The van der Waals surface area contributed by atoms with Gasteiger partial charge in [0.1, 0.15) is 0 Å². The van der Waals surface area contributed by atoms with E-state index in [0.717, 1.165) is 35.4 Å². The topological polar surface area (TPSA) is 65.1 Å². The van der Waals surface area contributed by atoms with Crippen molar-refractivity contribution in [3.05, 3.63) is 28.2 Å². The first kappa shape index (κ1) is 14.1. The second-order valence-electron chi connectivity index (χ2n) is 4.95. The molecule has 1 aliphatic heterocycles. The van der Waals surface area contributed by atoms with Gasteiger partial charge in [-0.15, -0.1) is 0 Å². The fraction of sp³-hybridized carbons (Fsp3) is 0.462. The van der Waals surface area contributed by atoms with Gasteiger partial charge in [-0.3, -0.25) is 0 Å². The number of anilines is 1. The lowest BCUT2D eigenvalue weighted by Crippen LogP contribution is -2.51. The SMILES string of the molecule is CC1CN(C)CCN1c1ccc(Br)cc1/C(N)=N/O. The summed E-state index contributed by atoms with van der Waals surface area (Å²) in [5.41, 5.74) is 7.56.